The van der Waals surface area contributed by atoms with Crippen molar-refractivity contribution < 1.29 is 4.79 Å². The first-order valence-electron chi connectivity index (χ1n) is 6.76. The fourth-order valence-corrected chi connectivity index (χ4v) is 2.94. The quantitative estimate of drug-likeness (QED) is 0.890. The third-order valence-electron chi connectivity index (χ3n) is 3.33. The van der Waals surface area contributed by atoms with Crippen LogP contribution in [0.3, 0.4) is 0 Å². The van der Waals surface area contributed by atoms with Crippen LogP contribution in [0.4, 0.5) is 5.82 Å². The minimum Gasteiger partial charge on any atom is -0.362 e. The molecule has 1 aromatic heterocycles. The van der Waals surface area contributed by atoms with Crippen LogP contribution in [0.15, 0.2) is 16.7 Å². The van der Waals surface area contributed by atoms with Gasteiger partial charge < -0.3 is 15.1 Å². The molecule has 1 N–H and O–H groups in total. The standard InChI is InChI=1S/C14H21BrN4O/c1-9-7-19(8-10(2)17-9)14(20)12-5-11(15)6-16-13(12)18(3)4/h5-6,9-10,17H,7-8H2,1-4H3/t9-,10+. The summed E-state index contributed by atoms with van der Waals surface area (Å²) >= 11 is 3.40. The second-order valence-corrected chi connectivity index (χ2v) is 6.51. The molecule has 110 valence electrons. The molecule has 0 saturated carbocycles. The molecule has 5 nitrogen and oxygen atoms in total. The maximum atomic E-state index is 12.8. The van der Waals surface area contributed by atoms with Crippen molar-refractivity contribution in [1.82, 2.24) is 15.2 Å². The van der Waals surface area contributed by atoms with Crippen molar-refractivity contribution in [3.63, 3.8) is 0 Å². The van der Waals surface area contributed by atoms with Crippen LogP contribution in [0, 0.1) is 0 Å². The van der Waals surface area contributed by atoms with E-state index >= 15 is 0 Å². The summed E-state index contributed by atoms with van der Waals surface area (Å²) < 4.78 is 0.822. The number of hydrogen-bond donors (Lipinski definition) is 1. The van der Waals surface area contributed by atoms with Gasteiger partial charge in [0, 0.05) is 49.9 Å². The van der Waals surface area contributed by atoms with E-state index in [9.17, 15) is 4.79 Å². The molecular weight excluding hydrogens is 320 g/mol. The van der Waals surface area contributed by atoms with Gasteiger partial charge in [0.15, 0.2) is 0 Å². The molecule has 0 unspecified atom stereocenters. The van der Waals surface area contributed by atoms with Gasteiger partial charge in [0.25, 0.3) is 5.91 Å². The normalized spacial score (nSPS) is 22.8. The van der Waals surface area contributed by atoms with Gasteiger partial charge in [-0.2, -0.15) is 0 Å². The Morgan fingerprint density at radius 2 is 2.00 bits per heavy atom. The summed E-state index contributed by atoms with van der Waals surface area (Å²) in [6.07, 6.45) is 1.72. The fraction of sp³-hybridized carbons (Fsp3) is 0.571. The Morgan fingerprint density at radius 1 is 1.40 bits per heavy atom. The summed E-state index contributed by atoms with van der Waals surface area (Å²) in [4.78, 5) is 20.9. The largest absolute Gasteiger partial charge is 0.362 e. The van der Waals surface area contributed by atoms with Gasteiger partial charge in [0.05, 0.1) is 5.56 Å². The Balaban J connectivity index is 2.30. The van der Waals surface area contributed by atoms with E-state index in [1.165, 1.54) is 0 Å². The number of anilines is 1. The first kappa shape index (κ1) is 15.3. The Labute approximate surface area is 128 Å². The molecule has 1 aliphatic rings. The second-order valence-electron chi connectivity index (χ2n) is 5.60. The molecule has 20 heavy (non-hydrogen) atoms. The summed E-state index contributed by atoms with van der Waals surface area (Å²) in [6, 6.07) is 2.47. The Morgan fingerprint density at radius 3 is 2.55 bits per heavy atom. The van der Waals surface area contributed by atoms with Gasteiger partial charge >= 0.3 is 0 Å². The Bertz CT molecular complexity index is 496. The van der Waals surface area contributed by atoms with Crippen molar-refractivity contribution in [1.29, 1.82) is 0 Å². The predicted molar refractivity (Wildman–Crippen MR) is 84.2 cm³/mol. The van der Waals surface area contributed by atoms with Crippen molar-refractivity contribution in [2.45, 2.75) is 25.9 Å². The monoisotopic (exact) mass is 340 g/mol. The maximum Gasteiger partial charge on any atom is 0.257 e. The summed E-state index contributed by atoms with van der Waals surface area (Å²) in [5, 5.41) is 3.44. The Kier molecular flexibility index (Phi) is 4.65. The molecule has 0 aromatic carbocycles. The van der Waals surface area contributed by atoms with Crippen LogP contribution >= 0.6 is 15.9 Å². The zero-order valence-electron chi connectivity index (χ0n) is 12.4. The number of nitrogens with one attached hydrogen (secondary N) is 1. The van der Waals surface area contributed by atoms with E-state index in [1.807, 2.05) is 30.0 Å². The van der Waals surface area contributed by atoms with Crippen molar-refractivity contribution in [2.24, 2.45) is 0 Å². The third-order valence-corrected chi connectivity index (χ3v) is 3.77. The molecule has 1 fully saturated rings. The number of hydrogen-bond acceptors (Lipinski definition) is 4. The van der Waals surface area contributed by atoms with Gasteiger partial charge in [0.1, 0.15) is 5.82 Å². The molecule has 6 heteroatoms. The lowest BCUT2D eigenvalue weighted by Gasteiger charge is -2.36. The van der Waals surface area contributed by atoms with E-state index in [0.29, 0.717) is 23.5 Å². The topological polar surface area (TPSA) is 48.5 Å². The van der Waals surface area contributed by atoms with Gasteiger partial charge in [-0.05, 0) is 35.8 Å². The number of nitrogens with zero attached hydrogens (tertiary/aromatic N) is 3. The van der Waals surface area contributed by atoms with Crippen molar-refractivity contribution in [2.75, 3.05) is 32.1 Å². The zero-order chi connectivity index (χ0) is 14.9. The molecule has 0 spiro atoms. The number of carbonyl (C=O) groups excluding carboxylic acids is 1. The molecule has 0 aliphatic carbocycles. The van der Waals surface area contributed by atoms with Crippen LogP contribution in [0.5, 0.6) is 0 Å². The first-order valence-corrected chi connectivity index (χ1v) is 7.56. The van der Waals surface area contributed by atoms with E-state index in [1.54, 1.807) is 6.20 Å². The molecule has 1 aliphatic heterocycles. The minimum atomic E-state index is 0.0442. The highest BCUT2D eigenvalue weighted by Crippen LogP contribution is 2.22. The van der Waals surface area contributed by atoms with Crippen LogP contribution in [0.2, 0.25) is 0 Å². The number of piperazine rings is 1. The first-order chi connectivity index (χ1) is 9.38. The molecule has 1 saturated heterocycles. The van der Waals surface area contributed by atoms with Crippen molar-refractivity contribution >= 4 is 27.7 Å². The van der Waals surface area contributed by atoms with Gasteiger partial charge in [-0.3, -0.25) is 4.79 Å². The van der Waals surface area contributed by atoms with Crippen LogP contribution in [0.25, 0.3) is 0 Å². The van der Waals surface area contributed by atoms with Crippen LogP contribution in [-0.4, -0.2) is 55.1 Å². The molecular formula is C14H21BrN4O. The zero-order valence-corrected chi connectivity index (χ0v) is 13.9. The summed E-state index contributed by atoms with van der Waals surface area (Å²) in [5.74, 6) is 0.750. The number of rotatable bonds is 2. The number of pyridine rings is 1. The third kappa shape index (κ3) is 3.30. The smallest absolute Gasteiger partial charge is 0.257 e. The molecule has 1 amide bonds. The molecule has 2 heterocycles. The van der Waals surface area contributed by atoms with Crippen LogP contribution < -0.4 is 10.2 Å². The highest BCUT2D eigenvalue weighted by Gasteiger charge is 2.27. The maximum absolute atomic E-state index is 12.8. The summed E-state index contributed by atoms with van der Waals surface area (Å²) in [5.41, 5.74) is 0.644. The van der Waals surface area contributed by atoms with E-state index in [0.717, 1.165) is 17.6 Å². The summed E-state index contributed by atoms with van der Waals surface area (Å²) in [7, 11) is 3.80. The van der Waals surface area contributed by atoms with Gasteiger partial charge in [0.2, 0.25) is 0 Å². The Hall–Kier alpha value is -1.14. The minimum absolute atomic E-state index is 0.0442. The van der Waals surface area contributed by atoms with E-state index in [4.69, 9.17) is 0 Å². The van der Waals surface area contributed by atoms with E-state index in [-0.39, 0.29) is 5.91 Å². The molecule has 1 aromatic rings. The van der Waals surface area contributed by atoms with Crippen LogP contribution in [-0.2, 0) is 0 Å². The SMILES string of the molecule is C[C@@H]1CN(C(=O)c2cc(Br)cnc2N(C)C)C[C@H](C)N1. The highest BCUT2D eigenvalue weighted by atomic mass is 79.9. The van der Waals surface area contributed by atoms with E-state index in [2.05, 4.69) is 40.1 Å². The van der Waals surface area contributed by atoms with Crippen molar-refractivity contribution in [3.8, 4) is 0 Å². The van der Waals surface area contributed by atoms with Crippen molar-refractivity contribution in [3.05, 3.63) is 22.3 Å². The molecule has 2 atom stereocenters. The lowest BCUT2D eigenvalue weighted by Crippen LogP contribution is -2.55. The lowest BCUT2D eigenvalue weighted by atomic mass is 10.1. The van der Waals surface area contributed by atoms with Gasteiger partial charge in [-0.25, -0.2) is 4.98 Å². The molecule has 0 radical (unpaired) electrons. The molecule has 2 rings (SSSR count). The second kappa shape index (κ2) is 6.10. The van der Waals surface area contributed by atoms with Gasteiger partial charge in [-0.15, -0.1) is 0 Å². The number of halogens is 1. The lowest BCUT2D eigenvalue weighted by molar-refractivity contribution is 0.0674. The average Bonchev–Trinajstić information content (AvgIpc) is 2.36. The fourth-order valence-electron chi connectivity index (χ4n) is 2.61. The van der Waals surface area contributed by atoms with Gasteiger partial charge in [-0.1, -0.05) is 0 Å². The number of aromatic nitrogens is 1. The average molecular weight is 341 g/mol. The van der Waals surface area contributed by atoms with Crippen LogP contribution in [0.1, 0.15) is 24.2 Å². The van der Waals surface area contributed by atoms with E-state index < -0.39 is 0 Å². The highest BCUT2D eigenvalue weighted by molar-refractivity contribution is 9.10. The number of amides is 1. The summed E-state index contributed by atoms with van der Waals surface area (Å²) in [6.45, 7) is 5.65. The predicted octanol–water partition coefficient (Wildman–Crippen LogP) is 1.73. The molecule has 0 bridgehead atoms. The number of carbonyl (C=O) groups is 1.